The molecule has 0 saturated heterocycles. The Morgan fingerprint density at radius 2 is 1.95 bits per heavy atom. The van der Waals surface area contributed by atoms with E-state index in [4.69, 9.17) is 5.73 Å². The summed E-state index contributed by atoms with van der Waals surface area (Å²) < 4.78 is 0. The zero-order valence-corrected chi connectivity index (χ0v) is 11.6. The smallest absolute Gasteiger partial charge is 0.230 e. The number of carbonyl (C=O) groups excluding carboxylic acids is 1. The van der Waals surface area contributed by atoms with Gasteiger partial charge in [0.2, 0.25) is 5.91 Å². The predicted molar refractivity (Wildman–Crippen MR) is 76.7 cm³/mol. The largest absolute Gasteiger partial charge is 0.369 e. The molecule has 1 heterocycles. The van der Waals surface area contributed by atoms with Crippen LogP contribution in [0, 0.1) is 6.92 Å². The van der Waals surface area contributed by atoms with Crippen LogP contribution in [0.1, 0.15) is 12.6 Å². The Labute approximate surface area is 116 Å². The second-order valence-corrected chi connectivity index (χ2v) is 5.51. The molecule has 2 rings (SSSR count). The molecule has 1 atom stereocenters. The Balaban J connectivity index is 2.32. The first-order valence-electron chi connectivity index (χ1n) is 5.93. The monoisotopic (exact) mass is 273 g/mol. The molecule has 1 aromatic heterocycles. The Bertz CT molecular complexity index is 586. The van der Waals surface area contributed by atoms with Crippen molar-refractivity contribution in [3.63, 3.8) is 0 Å². The second-order valence-electron chi connectivity index (χ2n) is 4.21. The fourth-order valence-electron chi connectivity index (χ4n) is 1.57. The fourth-order valence-corrected chi connectivity index (χ4v) is 2.35. The predicted octanol–water partition coefficient (Wildman–Crippen LogP) is 2.42. The molecule has 0 unspecified atom stereocenters. The molecule has 0 bridgehead atoms. The van der Waals surface area contributed by atoms with Gasteiger partial charge in [-0.2, -0.15) is 0 Å². The van der Waals surface area contributed by atoms with Crippen molar-refractivity contribution in [3.05, 3.63) is 42.1 Å². The topological polar surface area (TPSA) is 68.9 Å². The Morgan fingerprint density at radius 1 is 1.26 bits per heavy atom. The van der Waals surface area contributed by atoms with E-state index in [1.807, 2.05) is 43.3 Å². The molecule has 2 N–H and O–H groups in total. The number of hydrogen-bond acceptors (Lipinski definition) is 4. The number of carbonyl (C=O) groups is 1. The van der Waals surface area contributed by atoms with Gasteiger partial charge in [-0.05, 0) is 19.9 Å². The molecule has 5 heteroatoms. The molecule has 0 aliphatic rings. The molecular weight excluding hydrogens is 258 g/mol. The van der Waals surface area contributed by atoms with Crippen LogP contribution in [0.5, 0.6) is 0 Å². The highest BCUT2D eigenvalue weighted by Crippen LogP contribution is 2.24. The number of benzene rings is 1. The standard InChI is InChI=1S/C14H15N3OS/c1-9-8-12(11-6-4-3-5-7-11)17-14(16-9)19-10(2)13(15)18/h3-8,10H,1-2H3,(H2,15,18)/t10-/m1/s1. The van der Waals surface area contributed by atoms with E-state index in [1.165, 1.54) is 11.8 Å². The number of nitrogens with zero attached hydrogens (tertiary/aromatic N) is 2. The summed E-state index contributed by atoms with van der Waals surface area (Å²) in [6, 6.07) is 11.8. The SMILES string of the molecule is Cc1cc(-c2ccccc2)nc(S[C@H](C)C(N)=O)n1. The van der Waals surface area contributed by atoms with Gasteiger partial charge in [-0.25, -0.2) is 9.97 Å². The van der Waals surface area contributed by atoms with Gasteiger partial charge in [0.05, 0.1) is 10.9 Å². The van der Waals surface area contributed by atoms with Gasteiger partial charge in [-0.1, -0.05) is 42.1 Å². The van der Waals surface area contributed by atoms with Crippen molar-refractivity contribution >= 4 is 17.7 Å². The minimum Gasteiger partial charge on any atom is -0.369 e. The molecule has 1 aromatic carbocycles. The molecule has 0 aliphatic heterocycles. The van der Waals surface area contributed by atoms with E-state index < -0.39 is 0 Å². The highest BCUT2D eigenvalue weighted by Gasteiger charge is 2.13. The van der Waals surface area contributed by atoms with Gasteiger partial charge < -0.3 is 5.73 Å². The van der Waals surface area contributed by atoms with Crippen LogP contribution >= 0.6 is 11.8 Å². The minimum absolute atomic E-state index is 0.342. The first kappa shape index (κ1) is 13.5. The maximum absolute atomic E-state index is 11.1. The first-order chi connectivity index (χ1) is 9.06. The quantitative estimate of drug-likeness (QED) is 0.686. The van der Waals surface area contributed by atoms with Crippen LogP contribution in [0.15, 0.2) is 41.6 Å². The van der Waals surface area contributed by atoms with Crippen molar-refractivity contribution in [2.45, 2.75) is 24.3 Å². The van der Waals surface area contributed by atoms with Gasteiger partial charge in [0, 0.05) is 11.3 Å². The molecule has 0 saturated carbocycles. The van der Waals surface area contributed by atoms with Gasteiger partial charge >= 0.3 is 0 Å². The summed E-state index contributed by atoms with van der Waals surface area (Å²) in [5.41, 5.74) is 8.01. The van der Waals surface area contributed by atoms with Crippen molar-refractivity contribution in [2.75, 3.05) is 0 Å². The zero-order valence-electron chi connectivity index (χ0n) is 10.8. The molecular formula is C14H15N3OS. The van der Waals surface area contributed by atoms with Crippen LogP contribution < -0.4 is 5.73 Å². The van der Waals surface area contributed by atoms with Crippen LogP contribution in [-0.4, -0.2) is 21.1 Å². The van der Waals surface area contributed by atoms with Crippen LogP contribution in [0.4, 0.5) is 0 Å². The van der Waals surface area contributed by atoms with Gasteiger partial charge in [-0.15, -0.1) is 0 Å². The van der Waals surface area contributed by atoms with Crippen LogP contribution in [-0.2, 0) is 4.79 Å². The highest BCUT2D eigenvalue weighted by atomic mass is 32.2. The summed E-state index contributed by atoms with van der Waals surface area (Å²) in [7, 11) is 0. The lowest BCUT2D eigenvalue weighted by Crippen LogP contribution is -2.22. The lowest BCUT2D eigenvalue weighted by Gasteiger charge is -2.08. The van der Waals surface area contributed by atoms with Crippen molar-refractivity contribution in [1.82, 2.24) is 9.97 Å². The maximum Gasteiger partial charge on any atom is 0.230 e. The summed E-state index contributed by atoms with van der Waals surface area (Å²) in [4.78, 5) is 19.9. The summed E-state index contributed by atoms with van der Waals surface area (Å²) in [5, 5.41) is 0.232. The van der Waals surface area contributed by atoms with E-state index in [2.05, 4.69) is 9.97 Å². The Hall–Kier alpha value is -1.88. The van der Waals surface area contributed by atoms with Gasteiger partial charge in [-0.3, -0.25) is 4.79 Å². The lowest BCUT2D eigenvalue weighted by atomic mass is 10.1. The normalized spacial score (nSPS) is 12.1. The summed E-state index contributed by atoms with van der Waals surface area (Å²) in [5.74, 6) is -0.364. The van der Waals surface area contributed by atoms with Crippen molar-refractivity contribution in [2.24, 2.45) is 5.73 Å². The summed E-state index contributed by atoms with van der Waals surface area (Å²) >= 11 is 1.28. The van der Waals surface area contributed by atoms with E-state index in [9.17, 15) is 4.79 Å². The highest BCUT2D eigenvalue weighted by molar-refractivity contribution is 8.00. The van der Waals surface area contributed by atoms with Crippen molar-refractivity contribution in [1.29, 1.82) is 0 Å². The Morgan fingerprint density at radius 3 is 2.58 bits per heavy atom. The fraction of sp³-hybridized carbons (Fsp3) is 0.214. The van der Waals surface area contributed by atoms with Crippen LogP contribution in [0.25, 0.3) is 11.3 Å². The van der Waals surface area contributed by atoms with Gasteiger partial charge in [0.25, 0.3) is 0 Å². The van der Waals surface area contributed by atoms with E-state index in [0.717, 1.165) is 17.0 Å². The summed E-state index contributed by atoms with van der Waals surface area (Å²) in [6.07, 6.45) is 0. The Kier molecular flexibility index (Phi) is 4.16. The number of aromatic nitrogens is 2. The average molecular weight is 273 g/mol. The third-order valence-electron chi connectivity index (χ3n) is 2.59. The summed E-state index contributed by atoms with van der Waals surface area (Å²) in [6.45, 7) is 3.66. The molecule has 98 valence electrons. The zero-order chi connectivity index (χ0) is 13.8. The van der Waals surface area contributed by atoms with E-state index in [0.29, 0.717) is 5.16 Å². The average Bonchev–Trinajstić information content (AvgIpc) is 2.39. The van der Waals surface area contributed by atoms with E-state index in [-0.39, 0.29) is 11.2 Å². The van der Waals surface area contributed by atoms with E-state index in [1.54, 1.807) is 6.92 Å². The molecule has 0 spiro atoms. The number of aryl methyl sites for hydroxylation is 1. The molecule has 4 nitrogen and oxygen atoms in total. The van der Waals surface area contributed by atoms with Crippen molar-refractivity contribution in [3.8, 4) is 11.3 Å². The van der Waals surface area contributed by atoms with Crippen LogP contribution in [0.3, 0.4) is 0 Å². The lowest BCUT2D eigenvalue weighted by molar-refractivity contribution is -0.117. The second kappa shape index (κ2) is 5.84. The number of primary amides is 1. The molecule has 0 radical (unpaired) electrons. The molecule has 19 heavy (non-hydrogen) atoms. The maximum atomic E-state index is 11.1. The van der Waals surface area contributed by atoms with Gasteiger partial charge in [0.1, 0.15) is 0 Å². The minimum atomic E-state index is -0.364. The van der Waals surface area contributed by atoms with E-state index >= 15 is 0 Å². The number of amides is 1. The molecule has 0 fully saturated rings. The van der Waals surface area contributed by atoms with Crippen molar-refractivity contribution < 1.29 is 4.79 Å². The number of rotatable bonds is 4. The molecule has 0 aliphatic carbocycles. The van der Waals surface area contributed by atoms with Crippen LogP contribution in [0.2, 0.25) is 0 Å². The van der Waals surface area contributed by atoms with Gasteiger partial charge in [0.15, 0.2) is 5.16 Å². The number of hydrogen-bond donors (Lipinski definition) is 1. The molecule has 1 amide bonds. The number of nitrogens with two attached hydrogens (primary N) is 1. The number of thioether (sulfide) groups is 1. The molecule has 2 aromatic rings. The third-order valence-corrected chi connectivity index (χ3v) is 3.57. The third kappa shape index (κ3) is 3.54. The first-order valence-corrected chi connectivity index (χ1v) is 6.81.